The van der Waals surface area contributed by atoms with Crippen molar-refractivity contribution >= 4 is 21.7 Å². The van der Waals surface area contributed by atoms with Gasteiger partial charge in [0.1, 0.15) is 0 Å². The Morgan fingerprint density at radius 2 is 1.83 bits per heavy atom. The van der Waals surface area contributed by atoms with Crippen molar-refractivity contribution in [3.8, 4) is 11.5 Å². The van der Waals surface area contributed by atoms with E-state index in [9.17, 15) is 18.0 Å². The van der Waals surface area contributed by atoms with Gasteiger partial charge in [0, 0.05) is 19.1 Å². The third kappa shape index (κ3) is 6.35. The molecule has 2 amide bonds. The predicted octanol–water partition coefficient (Wildman–Crippen LogP) is 1.18. The van der Waals surface area contributed by atoms with E-state index in [0.29, 0.717) is 44.1 Å². The lowest BCUT2D eigenvalue weighted by molar-refractivity contribution is -0.146. The molecule has 1 unspecified atom stereocenters. The Balaban J connectivity index is 1.91. The molecule has 0 aliphatic carbocycles. The number of nitrogens with zero attached hydrogens (tertiary/aromatic N) is 1. The average Bonchev–Trinajstić information content (AvgIpc) is 3.04. The number of likely N-dealkylation sites (N-methyl/N-ethyl adjacent to an activating group) is 1. The number of hydrogen-bond donors (Lipinski definition) is 1. The fraction of sp³-hybridized carbons (Fsp3) is 0.600. The molecule has 2 rings (SSSR count). The first-order valence-corrected chi connectivity index (χ1v) is 11.8. The SMILES string of the molecule is CCOc1ccc(CCNC(=O)C(=O)N(CC)C2CCS(=O)(=O)C2)cc1OCC. The van der Waals surface area contributed by atoms with Crippen LogP contribution in [-0.2, 0) is 25.8 Å². The molecule has 29 heavy (non-hydrogen) atoms. The first-order chi connectivity index (χ1) is 13.8. The largest absolute Gasteiger partial charge is 0.490 e. The number of nitrogens with one attached hydrogen (secondary N) is 1. The molecular formula is C20H30N2O6S. The van der Waals surface area contributed by atoms with Crippen molar-refractivity contribution < 1.29 is 27.5 Å². The Labute approximate surface area is 172 Å². The number of benzene rings is 1. The minimum absolute atomic E-state index is 0.0585. The van der Waals surface area contributed by atoms with Crippen LogP contribution in [0.2, 0.25) is 0 Å². The normalized spacial score (nSPS) is 17.6. The molecular weight excluding hydrogens is 396 g/mol. The van der Waals surface area contributed by atoms with Gasteiger partial charge in [0.05, 0.1) is 24.7 Å². The van der Waals surface area contributed by atoms with Crippen molar-refractivity contribution in [2.45, 2.75) is 39.7 Å². The lowest BCUT2D eigenvalue weighted by atomic mass is 10.1. The zero-order chi connectivity index (χ0) is 21.4. The highest BCUT2D eigenvalue weighted by molar-refractivity contribution is 7.91. The van der Waals surface area contributed by atoms with Gasteiger partial charge < -0.3 is 19.7 Å². The molecule has 0 bridgehead atoms. The van der Waals surface area contributed by atoms with E-state index in [1.54, 1.807) is 6.92 Å². The fourth-order valence-electron chi connectivity index (χ4n) is 3.37. The molecule has 0 radical (unpaired) electrons. The van der Waals surface area contributed by atoms with Crippen LogP contribution in [-0.4, -0.2) is 69.0 Å². The van der Waals surface area contributed by atoms with Crippen LogP contribution in [0.1, 0.15) is 32.8 Å². The van der Waals surface area contributed by atoms with Crippen LogP contribution < -0.4 is 14.8 Å². The van der Waals surface area contributed by atoms with Crippen LogP contribution in [0, 0.1) is 0 Å². The Morgan fingerprint density at radius 3 is 2.41 bits per heavy atom. The van der Waals surface area contributed by atoms with Crippen molar-refractivity contribution in [1.82, 2.24) is 10.2 Å². The molecule has 1 aliphatic heterocycles. The third-order valence-corrected chi connectivity index (χ3v) is 6.50. The summed E-state index contributed by atoms with van der Waals surface area (Å²) in [5, 5.41) is 2.63. The van der Waals surface area contributed by atoms with Crippen LogP contribution in [0.5, 0.6) is 11.5 Å². The molecule has 1 aliphatic rings. The molecule has 1 fully saturated rings. The Hall–Kier alpha value is -2.29. The average molecular weight is 427 g/mol. The van der Waals surface area contributed by atoms with Gasteiger partial charge in [-0.05, 0) is 51.3 Å². The Morgan fingerprint density at radius 1 is 1.14 bits per heavy atom. The second-order valence-corrected chi connectivity index (χ2v) is 9.03. The van der Waals surface area contributed by atoms with Gasteiger partial charge in [-0.25, -0.2) is 8.42 Å². The molecule has 162 valence electrons. The molecule has 0 spiro atoms. The second kappa shape index (κ2) is 10.5. The van der Waals surface area contributed by atoms with Gasteiger partial charge in [0.2, 0.25) is 0 Å². The second-order valence-electron chi connectivity index (χ2n) is 6.80. The number of carbonyl (C=O) groups is 2. The van der Waals surface area contributed by atoms with Gasteiger partial charge in [-0.2, -0.15) is 0 Å². The number of carbonyl (C=O) groups excluding carboxylic acids is 2. The highest BCUT2D eigenvalue weighted by atomic mass is 32.2. The van der Waals surface area contributed by atoms with E-state index in [2.05, 4.69) is 5.32 Å². The molecule has 0 aromatic heterocycles. The van der Waals surface area contributed by atoms with Gasteiger partial charge in [0.15, 0.2) is 21.3 Å². The number of ether oxygens (including phenoxy) is 2. The van der Waals surface area contributed by atoms with Gasteiger partial charge in [0.25, 0.3) is 0 Å². The molecule has 9 heteroatoms. The maximum Gasteiger partial charge on any atom is 0.312 e. The van der Waals surface area contributed by atoms with Gasteiger partial charge in [-0.15, -0.1) is 0 Å². The summed E-state index contributed by atoms with van der Waals surface area (Å²) in [6.45, 7) is 7.16. The topological polar surface area (TPSA) is 102 Å². The first-order valence-electron chi connectivity index (χ1n) is 9.99. The van der Waals surface area contributed by atoms with Gasteiger partial charge >= 0.3 is 11.8 Å². The monoisotopic (exact) mass is 426 g/mol. The number of rotatable bonds is 9. The third-order valence-electron chi connectivity index (χ3n) is 4.75. The van der Waals surface area contributed by atoms with Crippen LogP contribution in [0.15, 0.2) is 18.2 Å². The molecule has 1 aromatic carbocycles. The number of hydrogen-bond acceptors (Lipinski definition) is 6. The maximum absolute atomic E-state index is 12.5. The minimum Gasteiger partial charge on any atom is -0.490 e. The maximum atomic E-state index is 12.5. The smallest absolute Gasteiger partial charge is 0.312 e. The zero-order valence-electron chi connectivity index (χ0n) is 17.3. The zero-order valence-corrected chi connectivity index (χ0v) is 18.1. The predicted molar refractivity (Wildman–Crippen MR) is 110 cm³/mol. The molecule has 1 N–H and O–H groups in total. The fourth-order valence-corrected chi connectivity index (χ4v) is 5.10. The Kier molecular flexibility index (Phi) is 8.31. The van der Waals surface area contributed by atoms with Crippen molar-refractivity contribution in [3.05, 3.63) is 23.8 Å². The molecule has 1 atom stereocenters. The highest BCUT2D eigenvalue weighted by Gasteiger charge is 2.35. The van der Waals surface area contributed by atoms with E-state index in [1.165, 1.54) is 4.90 Å². The van der Waals surface area contributed by atoms with E-state index in [4.69, 9.17) is 9.47 Å². The quantitative estimate of drug-likeness (QED) is 0.595. The molecule has 1 saturated heterocycles. The van der Waals surface area contributed by atoms with Crippen molar-refractivity contribution in [2.75, 3.05) is 37.8 Å². The summed E-state index contributed by atoms with van der Waals surface area (Å²) in [7, 11) is -3.13. The summed E-state index contributed by atoms with van der Waals surface area (Å²) in [5.41, 5.74) is 0.943. The highest BCUT2D eigenvalue weighted by Crippen LogP contribution is 2.28. The van der Waals surface area contributed by atoms with E-state index < -0.39 is 27.7 Å². The summed E-state index contributed by atoms with van der Waals surface area (Å²) in [5.74, 6) is -0.102. The van der Waals surface area contributed by atoms with E-state index >= 15 is 0 Å². The molecule has 8 nitrogen and oxygen atoms in total. The summed E-state index contributed by atoms with van der Waals surface area (Å²) in [6, 6.07) is 5.16. The summed E-state index contributed by atoms with van der Waals surface area (Å²) in [4.78, 5) is 26.1. The standard InChI is InChI=1S/C20H30N2O6S/c1-4-22(16-10-12-29(25,26)14-16)20(24)19(23)21-11-9-15-7-8-17(27-5-2)18(13-15)28-6-3/h7-8,13,16H,4-6,9-12,14H2,1-3H3,(H,21,23). The van der Waals surface area contributed by atoms with Crippen molar-refractivity contribution in [2.24, 2.45) is 0 Å². The van der Waals surface area contributed by atoms with Crippen molar-refractivity contribution in [1.29, 1.82) is 0 Å². The van der Waals surface area contributed by atoms with Crippen molar-refractivity contribution in [3.63, 3.8) is 0 Å². The Bertz CT molecular complexity index is 824. The van der Waals surface area contributed by atoms with Gasteiger partial charge in [-0.3, -0.25) is 9.59 Å². The lowest BCUT2D eigenvalue weighted by Gasteiger charge is -2.26. The molecule has 1 heterocycles. The van der Waals surface area contributed by atoms with Crippen LogP contribution in [0.25, 0.3) is 0 Å². The molecule has 0 saturated carbocycles. The van der Waals surface area contributed by atoms with Crippen LogP contribution in [0.4, 0.5) is 0 Å². The lowest BCUT2D eigenvalue weighted by Crippen LogP contribution is -2.48. The minimum atomic E-state index is -3.13. The van der Waals surface area contributed by atoms with E-state index in [1.807, 2.05) is 32.0 Å². The number of amides is 2. The summed E-state index contributed by atoms with van der Waals surface area (Å²) in [6.07, 6.45) is 0.900. The van der Waals surface area contributed by atoms with E-state index in [-0.39, 0.29) is 18.1 Å². The molecule has 1 aromatic rings. The van der Waals surface area contributed by atoms with E-state index in [0.717, 1.165) is 5.56 Å². The van der Waals surface area contributed by atoms with Crippen LogP contribution in [0.3, 0.4) is 0 Å². The number of sulfone groups is 1. The summed E-state index contributed by atoms with van der Waals surface area (Å²) >= 11 is 0. The van der Waals surface area contributed by atoms with Crippen LogP contribution >= 0.6 is 0 Å². The summed E-state index contributed by atoms with van der Waals surface area (Å²) < 4.78 is 34.5. The first kappa shape index (κ1) is 23.0. The van der Waals surface area contributed by atoms with Gasteiger partial charge in [-0.1, -0.05) is 6.07 Å².